The first-order chi connectivity index (χ1) is 5.34. The third-order valence-electron chi connectivity index (χ3n) is 2.13. The van der Waals surface area contributed by atoms with Crippen LogP contribution in [0.3, 0.4) is 0 Å². The largest absolute Gasteiger partial charge is 0.380 e. The average molecular weight is 155 g/mol. The van der Waals surface area contributed by atoms with Crippen molar-refractivity contribution < 1.29 is 4.74 Å². The van der Waals surface area contributed by atoms with Crippen LogP contribution in [0.5, 0.6) is 0 Å². The zero-order valence-corrected chi connectivity index (χ0v) is 7.44. The summed E-state index contributed by atoms with van der Waals surface area (Å²) in [6, 6.07) is 0. The fourth-order valence-electron chi connectivity index (χ4n) is 1.44. The predicted octanol–water partition coefficient (Wildman–Crippen LogP) is 1.33. The van der Waals surface area contributed by atoms with E-state index in [0.29, 0.717) is 0 Å². The second-order valence-corrected chi connectivity index (χ2v) is 3.10. The minimum atomic E-state index is 0.789. The van der Waals surface area contributed by atoms with Crippen LogP contribution in [0.2, 0.25) is 0 Å². The first-order valence-electron chi connectivity index (χ1n) is 4.21. The quantitative estimate of drug-likeness (QED) is 0.607. The van der Waals surface area contributed by atoms with Crippen LogP contribution in [0.25, 0.3) is 0 Å². The molecule has 11 heavy (non-hydrogen) atoms. The van der Waals surface area contributed by atoms with Gasteiger partial charge in [0.1, 0.15) is 0 Å². The number of ether oxygens (including phenoxy) is 1. The van der Waals surface area contributed by atoms with Crippen LogP contribution in [0.4, 0.5) is 0 Å². The van der Waals surface area contributed by atoms with Crippen molar-refractivity contribution in [1.29, 1.82) is 0 Å². The molecule has 0 bridgehead atoms. The van der Waals surface area contributed by atoms with Crippen LogP contribution in [0.15, 0.2) is 11.1 Å². The Balaban J connectivity index is 2.46. The summed E-state index contributed by atoms with van der Waals surface area (Å²) in [5.41, 5.74) is 2.94. The van der Waals surface area contributed by atoms with Crippen molar-refractivity contribution in [2.75, 3.05) is 26.8 Å². The number of piperidine rings is 1. The Morgan fingerprint density at radius 3 is 3.00 bits per heavy atom. The summed E-state index contributed by atoms with van der Waals surface area (Å²) in [6.07, 6.45) is 2.53. The maximum Gasteiger partial charge on any atom is 0.0673 e. The summed E-state index contributed by atoms with van der Waals surface area (Å²) in [7, 11) is 1.75. The number of methoxy groups -OCH3 is 1. The SMILES string of the molecule is COCC(C)=C1CCCNC1. The van der Waals surface area contributed by atoms with Crippen LogP contribution in [0, 0.1) is 0 Å². The molecular formula is C9H17NO. The molecule has 0 radical (unpaired) electrons. The Kier molecular flexibility index (Phi) is 3.60. The lowest BCUT2D eigenvalue weighted by molar-refractivity contribution is 0.224. The Hall–Kier alpha value is -0.340. The van der Waals surface area contributed by atoms with Crippen LogP contribution in [-0.4, -0.2) is 26.8 Å². The highest BCUT2D eigenvalue weighted by Gasteiger charge is 2.06. The topological polar surface area (TPSA) is 21.3 Å². The van der Waals surface area contributed by atoms with Gasteiger partial charge in [0.2, 0.25) is 0 Å². The first kappa shape index (κ1) is 8.75. The molecule has 2 nitrogen and oxygen atoms in total. The zero-order chi connectivity index (χ0) is 8.10. The first-order valence-corrected chi connectivity index (χ1v) is 4.21. The molecule has 0 unspecified atom stereocenters. The highest BCUT2D eigenvalue weighted by Crippen LogP contribution is 2.13. The third kappa shape index (κ3) is 2.64. The Bertz CT molecular complexity index is 144. The minimum Gasteiger partial charge on any atom is -0.380 e. The molecular weight excluding hydrogens is 138 g/mol. The van der Waals surface area contributed by atoms with Crippen LogP contribution < -0.4 is 5.32 Å². The molecule has 1 aliphatic heterocycles. The van der Waals surface area contributed by atoms with E-state index in [1.54, 1.807) is 7.11 Å². The Labute approximate surface area is 68.6 Å². The number of nitrogens with one attached hydrogen (secondary N) is 1. The van der Waals surface area contributed by atoms with Crippen LogP contribution in [0.1, 0.15) is 19.8 Å². The van der Waals surface area contributed by atoms with Crippen LogP contribution >= 0.6 is 0 Å². The summed E-state index contributed by atoms with van der Waals surface area (Å²) in [5, 5.41) is 3.36. The van der Waals surface area contributed by atoms with Gasteiger partial charge in [0.05, 0.1) is 6.61 Å². The Morgan fingerprint density at radius 2 is 2.45 bits per heavy atom. The maximum atomic E-state index is 5.07. The maximum absolute atomic E-state index is 5.07. The number of rotatable bonds is 2. The summed E-state index contributed by atoms with van der Waals surface area (Å²) in [5.74, 6) is 0. The van der Waals surface area contributed by atoms with E-state index in [2.05, 4.69) is 12.2 Å². The standard InChI is InChI=1S/C9H17NO/c1-8(7-11-2)9-4-3-5-10-6-9/h10H,3-7H2,1-2H3. The molecule has 0 aliphatic carbocycles. The third-order valence-corrected chi connectivity index (χ3v) is 2.13. The average Bonchev–Trinajstić information content (AvgIpc) is 2.07. The van der Waals surface area contributed by atoms with Gasteiger partial charge in [-0.25, -0.2) is 0 Å². The van der Waals surface area contributed by atoms with Gasteiger partial charge in [-0.3, -0.25) is 0 Å². The van der Waals surface area contributed by atoms with Gasteiger partial charge in [-0.15, -0.1) is 0 Å². The van der Waals surface area contributed by atoms with E-state index in [1.807, 2.05) is 0 Å². The van der Waals surface area contributed by atoms with Gasteiger partial charge in [-0.05, 0) is 31.9 Å². The molecule has 2 heteroatoms. The van der Waals surface area contributed by atoms with E-state index >= 15 is 0 Å². The minimum absolute atomic E-state index is 0.789. The molecule has 0 spiro atoms. The van der Waals surface area contributed by atoms with E-state index in [-0.39, 0.29) is 0 Å². The molecule has 1 N–H and O–H groups in total. The van der Waals surface area contributed by atoms with E-state index in [9.17, 15) is 0 Å². The fraction of sp³-hybridized carbons (Fsp3) is 0.778. The molecule has 1 heterocycles. The molecule has 0 atom stereocenters. The fourth-order valence-corrected chi connectivity index (χ4v) is 1.44. The molecule has 0 aromatic rings. The number of hydrogen-bond acceptors (Lipinski definition) is 2. The lowest BCUT2D eigenvalue weighted by Crippen LogP contribution is -2.25. The smallest absolute Gasteiger partial charge is 0.0673 e. The highest BCUT2D eigenvalue weighted by molar-refractivity contribution is 5.15. The summed E-state index contributed by atoms with van der Waals surface area (Å²) < 4.78 is 5.07. The van der Waals surface area contributed by atoms with Gasteiger partial charge in [0.25, 0.3) is 0 Å². The summed E-state index contributed by atoms with van der Waals surface area (Å²) >= 11 is 0. The summed E-state index contributed by atoms with van der Waals surface area (Å²) in [6.45, 7) is 5.18. The second kappa shape index (κ2) is 4.52. The lowest BCUT2D eigenvalue weighted by Gasteiger charge is -2.18. The van der Waals surface area contributed by atoms with Crippen molar-refractivity contribution in [3.05, 3.63) is 11.1 Å². The van der Waals surface area contributed by atoms with Gasteiger partial charge in [-0.1, -0.05) is 5.57 Å². The lowest BCUT2D eigenvalue weighted by atomic mass is 10.0. The monoisotopic (exact) mass is 155 g/mol. The van der Waals surface area contributed by atoms with E-state index < -0.39 is 0 Å². The van der Waals surface area contributed by atoms with Gasteiger partial charge < -0.3 is 10.1 Å². The summed E-state index contributed by atoms with van der Waals surface area (Å²) in [4.78, 5) is 0. The van der Waals surface area contributed by atoms with Gasteiger partial charge in [-0.2, -0.15) is 0 Å². The van der Waals surface area contributed by atoms with Gasteiger partial charge >= 0.3 is 0 Å². The molecule has 64 valence electrons. The zero-order valence-electron chi connectivity index (χ0n) is 7.44. The predicted molar refractivity (Wildman–Crippen MR) is 46.7 cm³/mol. The van der Waals surface area contributed by atoms with Crippen molar-refractivity contribution in [2.24, 2.45) is 0 Å². The van der Waals surface area contributed by atoms with Crippen molar-refractivity contribution in [3.8, 4) is 0 Å². The number of hydrogen-bond donors (Lipinski definition) is 1. The normalized spacial score (nSPS) is 23.5. The van der Waals surface area contributed by atoms with Crippen LogP contribution in [-0.2, 0) is 4.74 Å². The molecule has 0 saturated carbocycles. The van der Waals surface area contributed by atoms with Crippen molar-refractivity contribution in [1.82, 2.24) is 5.32 Å². The van der Waals surface area contributed by atoms with Crippen molar-refractivity contribution >= 4 is 0 Å². The van der Waals surface area contributed by atoms with Gasteiger partial charge in [0, 0.05) is 13.7 Å². The molecule has 1 aliphatic rings. The second-order valence-electron chi connectivity index (χ2n) is 3.10. The highest BCUT2D eigenvalue weighted by atomic mass is 16.5. The van der Waals surface area contributed by atoms with E-state index in [0.717, 1.165) is 13.2 Å². The molecule has 0 amide bonds. The van der Waals surface area contributed by atoms with Gasteiger partial charge in [0.15, 0.2) is 0 Å². The molecule has 1 rings (SSSR count). The Morgan fingerprint density at radius 1 is 1.64 bits per heavy atom. The molecule has 0 aromatic carbocycles. The van der Waals surface area contributed by atoms with Crippen molar-refractivity contribution in [3.63, 3.8) is 0 Å². The van der Waals surface area contributed by atoms with E-state index in [4.69, 9.17) is 4.74 Å². The van der Waals surface area contributed by atoms with E-state index in [1.165, 1.54) is 30.5 Å². The van der Waals surface area contributed by atoms with Crippen molar-refractivity contribution in [2.45, 2.75) is 19.8 Å². The molecule has 1 fully saturated rings. The molecule has 0 aromatic heterocycles. The molecule has 1 saturated heterocycles.